The molecule has 5 nitrogen and oxygen atoms in total. The molecule has 0 aliphatic rings. The quantitative estimate of drug-likeness (QED) is 0.548. The Labute approximate surface area is 178 Å². The van der Waals surface area contributed by atoms with Crippen molar-refractivity contribution in [2.75, 3.05) is 0 Å². The second kappa shape index (κ2) is 10.7. The van der Waals surface area contributed by atoms with Crippen LogP contribution in [0.5, 0.6) is 0 Å². The van der Waals surface area contributed by atoms with E-state index in [4.69, 9.17) is 0 Å². The van der Waals surface area contributed by atoms with Crippen molar-refractivity contribution in [3.63, 3.8) is 0 Å². The van der Waals surface area contributed by atoms with Crippen LogP contribution < -0.4 is 0 Å². The lowest BCUT2D eigenvalue weighted by Gasteiger charge is -2.32. The van der Waals surface area contributed by atoms with E-state index in [9.17, 15) is 19.5 Å². The number of carboxylic acid groups (broad SMARTS) is 1. The smallest absolute Gasteiger partial charge is 0.326 e. The van der Waals surface area contributed by atoms with Crippen molar-refractivity contribution in [3.8, 4) is 11.1 Å². The summed E-state index contributed by atoms with van der Waals surface area (Å²) in [5.41, 5.74) is 3.29. The Hall–Kier alpha value is -2.95. The normalized spacial score (nSPS) is 11.9. The van der Waals surface area contributed by atoms with Gasteiger partial charge in [0.25, 0.3) is 0 Å². The summed E-state index contributed by atoms with van der Waals surface area (Å²) in [6.07, 6.45) is 1.96. The first-order valence-corrected chi connectivity index (χ1v) is 10.5. The van der Waals surface area contributed by atoms with E-state index in [-0.39, 0.29) is 24.2 Å². The first kappa shape index (κ1) is 23.3. The van der Waals surface area contributed by atoms with Gasteiger partial charge in [0.2, 0.25) is 5.91 Å². The van der Waals surface area contributed by atoms with Crippen LogP contribution in [0, 0.1) is 5.92 Å². The third-order valence-corrected chi connectivity index (χ3v) is 5.21. The van der Waals surface area contributed by atoms with Gasteiger partial charge in [0, 0.05) is 18.5 Å². The summed E-state index contributed by atoms with van der Waals surface area (Å²) in [7, 11) is 0. The first-order chi connectivity index (χ1) is 14.3. The van der Waals surface area contributed by atoms with Crippen LogP contribution in [-0.2, 0) is 16.1 Å². The highest BCUT2D eigenvalue weighted by Crippen LogP contribution is 2.25. The van der Waals surface area contributed by atoms with Crippen molar-refractivity contribution in [2.24, 2.45) is 5.92 Å². The molecule has 1 N–H and O–H groups in total. The summed E-state index contributed by atoms with van der Waals surface area (Å²) < 4.78 is 0. The predicted molar refractivity (Wildman–Crippen MR) is 118 cm³/mol. The molecule has 5 heteroatoms. The summed E-state index contributed by atoms with van der Waals surface area (Å²) in [4.78, 5) is 38.1. The van der Waals surface area contributed by atoms with Crippen LogP contribution in [0.4, 0.5) is 0 Å². The minimum Gasteiger partial charge on any atom is -0.480 e. The Morgan fingerprint density at radius 3 is 2.17 bits per heavy atom. The second-order valence-electron chi connectivity index (χ2n) is 7.95. The summed E-state index contributed by atoms with van der Waals surface area (Å²) in [5.74, 6) is -1.32. The van der Waals surface area contributed by atoms with E-state index in [0.29, 0.717) is 12.0 Å². The molecule has 0 aliphatic heterocycles. The fraction of sp³-hybridized carbons (Fsp3) is 0.400. The number of rotatable bonds is 10. The standard InChI is InChI=1S/C25H31NO4/c1-5-6-11-23(28)26(24(17(2)3)25(29)30)16-19-12-14-20(15-13-19)22-10-8-7-9-21(22)18(4)27/h7-10,12-15,17,24H,5-6,11,16H2,1-4H3,(H,29,30)/t24-/m0/s1. The Kier molecular flexibility index (Phi) is 8.34. The highest BCUT2D eigenvalue weighted by atomic mass is 16.4. The number of unbranched alkanes of at least 4 members (excludes halogenated alkanes) is 1. The zero-order valence-corrected chi connectivity index (χ0v) is 18.2. The van der Waals surface area contributed by atoms with E-state index < -0.39 is 12.0 Å². The molecule has 30 heavy (non-hydrogen) atoms. The third-order valence-electron chi connectivity index (χ3n) is 5.21. The largest absolute Gasteiger partial charge is 0.480 e. The fourth-order valence-electron chi connectivity index (χ4n) is 3.62. The van der Waals surface area contributed by atoms with E-state index in [2.05, 4.69) is 0 Å². The second-order valence-corrected chi connectivity index (χ2v) is 7.95. The van der Waals surface area contributed by atoms with E-state index in [1.165, 1.54) is 4.90 Å². The molecule has 0 saturated heterocycles. The van der Waals surface area contributed by atoms with Crippen LogP contribution in [0.2, 0.25) is 0 Å². The van der Waals surface area contributed by atoms with Crippen molar-refractivity contribution >= 4 is 17.7 Å². The maximum absolute atomic E-state index is 12.8. The number of hydrogen-bond donors (Lipinski definition) is 1. The Bertz CT molecular complexity index is 886. The maximum Gasteiger partial charge on any atom is 0.326 e. The number of amides is 1. The zero-order chi connectivity index (χ0) is 22.3. The highest BCUT2D eigenvalue weighted by molar-refractivity contribution is 6.00. The minimum atomic E-state index is -0.984. The SMILES string of the molecule is CCCCC(=O)N(Cc1ccc(-c2ccccc2C(C)=O)cc1)[C@H](C(=O)O)C(C)C. The van der Waals surface area contributed by atoms with Crippen molar-refractivity contribution in [2.45, 2.75) is 59.5 Å². The van der Waals surface area contributed by atoms with Crippen molar-refractivity contribution in [1.29, 1.82) is 0 Å². The predicted octanol–water partition coefficient (Wildman–Crippen LogP) is 5.18. The van der Waals surface area contributed by atoms with Crippen LogP contribution in [-0.4, -0.2) is 33.7 Å². The summed E-state index contributed by atoms with van der Waals surface area (Å²) in [6, 6.07) is 14.2. The number of benzene rings is 2. The molecule has 0 aromatic heterocycles. The number of aliphatic carboxylic acids is 1. The van der Waals surface area contributed by atoms with Gasteiger partial charge in [0.05, 0.1) is 0 Å². The van der Waals surface area contributed by atoms with Crippen LogP contribution in [0.15, 0.2) is 48.5 Å². The summed E-state index contributed by atoms with van der Waals surface area (Å²) in [6.45, 7) is 7.44. The van der Waals surface area contributed by atoms with Crippen molar-refractivity contribution in [3.05, 3.63) is 59.7 Å². The van der Waals surface area contributed by atoms with Crippen LogP contribution in [0.3, 0.4) is 0 Å². The molecule has 0 bridgehead atoms. The van der Waals surface area contributed by atoms with E-state index in [1.54, 1.807) is 13.0 Å². The molecule has 160 valence electrons. The van der Waals surface area contributed by atoms with Crippen LogP contribution >= 0.6 is 0 Å². The van der Waals surface area contributed by atoms with Crippen molar-refractivity contribution in [1.82, 2.24) is 4.90 Å². The molecule has 2 aromatic rings. The number of carbonyl (C=O) groups excluding carboxylic acids is 2. The van der Waals surface area contributed by atoms with Gasteiger partial charge in [0.15, 0.2) is 5.78 Å². The zero-order valence-electron chi connectivity index (χ0n) is 18.2. The lowest BCUT2D eigenvalue weighted by molar-refractivity contribution is -0.153. The van der Waals surface area contributed by atoms with Crippen LogP contribution in [0.1, 0.15) is 62.9 Å². The Morgan fingerprint density at radius 2 is 1.63 bits per heavy atom. The molecular formula is C25H31NO4. The van der Waals surface area contributed by atoms with Gasteiger partial charge < -0.3 is 10.0 Å². The molecule has 0 saturated carbocycles. The molecular weight excluding hydrogens is 378 g/mol. The maximum atomic E-state index is 12.8. The van der Waals surface area contributed by atoms with Gasteiger partial charge in [-0.15, -0.1) is 0 Å². The van der Waals surface area contributed by atoms with E-state index >= 15 is 0 Å². The number of Topliss-reactive ketones (excluding diaryl/α,β-unsaturated/α-hetero) is 1. The summed E-state index contributed by atoms with van der Waals surface area (Å²) >= 11 is 0. The third kappa shape index (κ3) is 5.78. The van der Waals surface area contributed by atoms with Gasteiger partial charge in [-0.25, -0.2) is 4.79 Å². The number of hydrogen-bond acceptors (Lipinski definition) is 3. The lowest BCUT2D eigenvalue weighted by Crippen LogP contribution is -2.47. The summed E-state index contributed by atoms with van der Waals surface area (Å²) in [5, 5.41) is 9.72. The molecule has 0 fully saturated rings. The molecule has 1 amide bonds. The van der Waals surface area contributed by atoms with Gasteiger partial charge in [-0.2, -0.15) is 0 Å². The van der Waals surface area contributed by atoms with Gasteiger partial charge in [-0.1, -0.05) is 75.7 Å². The molecule has 0 radical (unpaired) electrons. The average molecular weight is 410 g/mol. The molecule has 0 spiro atoms. The lowest BCUT2D eigenvalue weighted by atomic mass is 9.96. The van der Waals surface area contributed by atoms with Gasteiger partial charge in [0.1, 0.15) is 6.04 Å². The molecule has 0 unspecified atom stereocenters. The molecule has 0 heterocycles. The minimum absolute atomic E-state index is 0.00334. The molecule has 2 rings (SSSR count). The van der Waals surface area contributed by atoms with E-state index in [0.717, 1.165) is 29.5 Å². The van der Waals surface area contributed by atoms with Gasteiger partial charge in [-0.05, 0) is 36.0 Å². The number of nitrogens with zero attached hydrogens (tertiary/aromatic N) is 1. The number of carboxylic acids is 1. The average Bonchev–Trinajstić information content (AvgIpc) is 2.71. The Balaban J connectivity index is 2.31. The molecule has 1 atom stereocenters. The number of carbonyl (C=O) groups is 3. The number of ketones is 1. The molecule has 2 aromatic carbocycles. The van der Waals surface area contributed by atoms with Crippen LogP contribution in [0.25, 0.3) is 11.1 Å². The molecule has 0 aliphatic carbocycles. The topological polar surface area (TPSA) is 74.7 Å². The van der Waals surface area contributed by atoms with E-state index in [1.807, 2.05) is 63.2 Å². The van der Waals surface area contributed by atoms with Gasteiger partial charge in [-0.3, -0.25) is 9.59 Å². The van der Waals surface area contributed by atoms with Crippen molar-refractivity contribution < 1.29 is 19.5 Å². The fourth-order valence-corrected chi connectivity index (χ4v) is 3.62. The Morgan fingerprint density at radius 1 is 1.00 bits per heavy atom. The van der Waals surface area contributed by atoms with Gasteiger partial charge >= 0.3 is 5.97 Å². The highest BCUT2D eigenvalue weighted by Gasteiger charge is 2.32. The monoisotopic (exact) mass is 409 g/mol. The first-order valence-electron chi connectivity index (χ1n) is 10.5.